The first-order chi connectivity index (χ1) is 16.2. The number of hydrogen-bond donors (Lipinski definition) is 0. The van der Waals surface area contributed by atoms with Gasteiger partial charge in [0, 0.05) is 38.3 Å². The smallest absolute Gasteiger partial charge is 0.226 e. The minimum Gasteiger partial charge on any atom is -0.457 e. The third kappa shape index (κ3) is 5.82. The first-order valence-corrected chi connectivity index (χ1v) is 12.0. The second-order valence-corrected chi connectivity index (χ2v) is 9.12. The largest absolute Gasteiger partial charge is 0.457 e. The summed E-state index contributed by atoms with van der Waals surface area (Å²) in [4.78, 5) is 9.97. The highest BCUT2D eigenvalue weighted by Crippen LogP contribution is 2.29. The van der Waals surface area contributed by atoms with E-state index in [1.165, 1.54) is 19.4 Å². The standard InChI is InChI=1S/C27H33N3O3/c1-21-26(20-30-12-6-7-22(19-30)18-29-13-15-31-16-14-29)28-27(32-21)23-8-5-11-25(17-23)33-24-9-3-2-4-10-24/h2-5,8-11,17,22H,6-7,12-16,18-20H2,1H3. The summed E-state index contributed by atoms with van der Waals surface area (Å²) >= 11 is 0. The molecule has 1 atom stereocenters. The molecule has 174 valence electrons. The summed E-state index contributed by atoms with van der Waals surface area (Å²) in [5.74, 6) is 3.86. The number of piperidine rings is 1. The van der Waals surface area contributed by atoms with E-state index in [1.807, 2.05) is 61.5 Å². The van der Waals surface area contributed by atoms with E-state index in [1.54, 1.807) is 0 Å². The zero-order valence-corrected chi connectivity index (χ0v) is 19.4. The molecule has 2 saturated heterocycles. The number of rotatable bonds is 7. The molecule has 0 bridgehead atoms. The van der Waals surface area contributed by atoms with Gasteiger partial charge < -0.3 is 13.9 Å². The molecule has 0 saturated carbocycles. The Balaban J connectivity index is 1.23. The van der Waals surface area contributed by atoms with Crippen molar-refractivity contribution in [3.8, 4) is 23.0 Å². The lowest BCUT2D eigenvalue weighted by Gasteiger charge is -2.36. The van der Waals surface area contributed by atoms with Crippen molar-refractivity contribution in [3.63, 3.8) is 0 Å². The van der Waals surface area contributed by atoms with Crippen LogP contribution in [-0.2, 0) is 11.3 Å². The van der Waals surface area contributed by atoms with Crippen molar-refractivity contribution in [1.29, 1.82) is 0 Å². The topological polar surface area (TPSA) is 51.0 Å². The molecule has 0 amide bonds. The fraction of sp³-hybridized carbons (Fsp3) is 0.444. The van der Waals surface area contributed by atoms with Crippen molar-refractivity contribution in [2.24, 2.45) is 5.92 Å². The normalized spacial score (nSPS) is 20.1. The van der Waals surface area contributed by atoms with Crippen LogP contribution in [0.1, 0.15) is 24.3 Å². The van der Waals surface area contributed by atoms with Crippen molar-refractivity contribution in [2.45, 2.75) is 26.3 Å². The van der Waals surface area contributed by atoms with Gasteiger partial charge in [-0.15, -0.1) is 0 Å². The molecule has 0 N–H and O–H groups in total. The summed E-state index contributed by atoms with van der Waals surface area (Å²) in [7, 11) is 0. The number of aromatic nitrogens is 1. The van der Waals surface area contributed by atoms with Crippen LogP contribution in [0, 0.1) is 12.8 Å². The molecule has 2 aromatic carbocycles. The van der Waals surface area contributed by atoms with E-state index < -0.39 is 0 Å². The molecular weight excluding hydrogens is 414 g/mol. The molecule has 5 rings (SSSR count). The molecule has 1 aromatic heterocycles. The third-order valence-corrected chi connectivity index (χ3v) is 6.55. The maximum atomic E-state index is 6.08. The van der Waals surface area contributed by atoms with Crippen LogP contribution in [0.2, 0.25) is 0 Å². The minimum absolute atomic E-state index is 0.655. The number of nitrogens with zero attached hydrogens (tertiary/aromatic N) is 3. The predicted octanol–water partition coefficient (Wildman–Crippen LogP) is 4.99. The Kier molecular flexibility index (Phi) is 7.05. The molecule has 2 aliphatic rings. The van der Waals surface area contributed by atoms with E-state index in [4.69, 9.17) is 18.9 Å². The summed E-state index contributed by atoms with van der Waals surface area (Å²) < 4.78 is 17.6. The van der Waals surface area contributed by atoms with E-state index in [2.05, 4.69) is 9.80 Å². The highest BCUT2D eigenvalue weighted by molar-refractivity contribution is 5.57. The molecule has 3 aromatic rings. The molecule has 0 radical (unpaired) electrons. The van der Waals surface area contributed by atoms with Crippen molar-refractivity contribution in [2.75, 3.05) is 45.9 Å². The van der Waals surface area contributed by atoms with E-state index in [0.717, 1.165) is 80.4 Å². The van der Waals surface area contributed by atoms with Crippen molar-refractivity contribution >= 4 is 0 Å². The molecule has 2 fully saturated rings. The summed E-state index contributed by atoms with van der Waals surface area (Å²) in [5, 5.41) is 0. The van der Waals surface area contributed by atoms with E-state index in [0.29, 0.717) is 5.89 Å². The minimum atomic E-state index is 0.655. The molecule has 3 heterocycles. The Morgan fingerprint density at radius 2 is 1.79 bits per heavy atom. The lowest BCUT2D eigenvalue weighted by molar-refractivity contribution is 0.0223. The van der Waals surface area contributed by atoms with E-state index >= 15 is 0 Å². The van der Waals surface area contributed by atoms with Crippen molar-refractivity contribution in [1.82, 2.24) is 14.8 Å². The molecule has 0 spiro atoms. The number of benzene rings is 2. The Morgan fingerprint density at radius 3 is 2.64 bits per heavy atom. The molecule has 0 aliphatic carbocycles. The summed E-state index contributed by atoms with van der Waals surface area (Å²) in [5.41, 5.74) is 1.97. The molecule has 1 unspecified atom stereocenters. The van der Waals surface area contributed by atoms with Gasteiger partial charge in [-0.1, -0.05) is 24.3 Å². The van der Waals surface area contributed by atoms with Crippen LogP contribution < -0.4 is 4.74 Å². The predicted molar refractivity (Wildman–Crippen MR) is 128 cm³/mol. The van der Waals surface area contributed by atoms with Crippen molar-refractivity contribution < 1.29 is 13.9 Å². The average Bonchev–Trinajstić information content (AvgIpc) is 3.21. The highest BCUT2D eigenvalue weighted by atomic mass is 16.5. The Labute approximate surface area is 196 Å². The van der Waals surface area contributed by atoms with E-state index in [-0.39, 0.29) is 0 Å². The number of morpholine rings is 1. The maximum absolute atomic E-state index is 6.08. The summed E-state index contributed by atoms with van der Waals surface area (Å²) in [6.45, 7) is 10.2. The Morgan fingerprint density at radius 1 is 0.970 bits per heavy atom. The molecule has 6 heteroatoms. The van der Waals surface area contributed by atoms with Gasteiger partial charge in [0.25, 0.3) is 0 Å². The summed E-state index contributed by atoms with van der Waals surface area (Å²) in [6, 6.07) is 17.8. The number of oxazole rings is 1. The second-order valence-electron chi connectivity index (χ2n) is 9.12. The van der Waals surface area contributed by atoms with Crippen LogP contribution in [0.4, 0.5) is 0 Å². The second kappa shape index (κ2) is 10.5. The van der Waals surface area contributed by atoms with Gasteiger partial charge in [-0.05, 0) is 62.6 Å². The van der Waals surface area contributed by atoms with Gasteiger partial charge in [-0.25, -0.2) is 4.98 Å². The number of likely N-dealkylation sites (tertiary alicyclic amines) is 1. The quantitative estimate of drug-likeness (QED) is 0.509. The van der Waals surface area contributed by atoms with Crippen LogP contribution in [0.15, 0.2) is 59.0 Å². The van der Waals surface area contributed by atoms with Gasteiger partial charge in [-0.2, -0.15) is 0 Å². The van der Waals surface area contributed by atoms with Crippen LogP contribution in [0.3, 0.4) is 0 Å². The van der Waals surface area contributed by atoms with Crippen LogP contribution in [-0.4, -0.2) is 60.7 Å². The highest BCUT2D eigenvalue weighted by Gasteiger charge is 2.24. The van der Waals surface area contributed by atoms with Gasteiger partial charge in [0.2, 0.25) is 5.89 Å². The zero-order chi connectivity index (χ0) is 22.5. The number of ether oxygens (including phenoxy) is 2. The fourth-order valence-corrected chi connectivity index (χ4v) is 4.82. The van der Waals surface area contributed by atoms with Crippen molar-refractivity contribution in [3.05, 3.63) is 66.1 Å². The number of aryl methyl sites for hydroxylation is 1. The van der Waals surface area contributed by atoms with Gasteiger partial charge in [0.15, 0.2) is 0 Å². The monoisotopic (exact) mass is 447 g/mol. The molecular formula is C27H33N3O3. The molecule has 33 heavy (non-hydrogen) atoms. The first-order valence-electron chi connectivity index (χ1n) is 12.0. The Bertz CT molecular complexity index is 1030. The summed E-state index contributed by atoms with van der Waals surface area (Å²) in [6.07, 6.45) is 2.56. The fourth-order valence-electron chi connectivity index (χ4n) is 4.82. The average molecular weight is 448 g/mol. The SMILES string of the molecule is Cc1oc(-c2cccc(Oc3ccccc3)c2)nc1CN1CCCC(CN2CCOCC2)C1. The molecule has 2 aliphatic heterocycles. The Hall–Kier alpha value is -2.67. The molecule has 6 nitrogen and oxygen atoms in total. The van der Waals surface area contributed by atoms with Gasteiger partial charge in [-0.3, -0.25) is 9.80 Å². The first kappa shape index (κ1) is 22.1. The van der Waals surface area contributed by atoms with Crippen LogP contribution >= 0.6 is 0 Å². The maximum Gasteiger partial charge on any atom is 0.226 e. The van der Waals surface area contributed by atoms with Crippen LogP contribution in [0.25, 0.3) is 11.5 Å². The van der Waals surface area contributed by atoms with Gasteiger partial charge >= 0.3 is 0 Å². The van der Waals surface area contributed by atoms with Gasteiger partial charge in [0.05, 0.1) is 18.9 Å². The van der Waals surface area contributed by atoms with Crippen LogP contribution in [0.5, 0.6) is 11.5 Å². The van der Waals surface area contributed by atoms with Gasteiger partial charge in [0.1, 0.15) is 17.3 Å². The van der Waals surface area contributed by atoms with E-state index in [9.17, 15) is 0 Å². The zero-order valence-electron chi connectivity index (χ0n) is 19.4. The number of para-hydroxylation sites is 1. The lowest BCUT2D eigenvalue weighted by Crippen LogP contribution is -2.44. The third-order valence-electron chi connectivity index (χ3n) is 6.55. The lowest BCUT2D eigenvalue weighted by atomic mass is 9.97. The number of hydrogen-bond acceptors (Lipinski definition) is 6.